The summed E-state index contributed by atoms with van der Waals surface area (Å²) in [5.41, 5.74) is 3.44. The van der Waals surface area contributed by atoms with Crippen molar-refractivity contribution in [1.29, 1.82) is 0 Å². The van der Waals surface area contributed by atoms with Crippen LogP contribution >= 0.6 is 0 Å². The number of rotatable bonds is 2. The first kappa shape index (κ1) is 17.3. The van der Waals surface area contributed by atoms with E-state index < -0.39 is 11.7 Å². The molecule has 0 saturated heterocycles. The summed E-state index contributed by atoms with van der Waals surface area (Å²) in [6.45, 7) is 2.10. The van der Waals surface area contributed by atoms with Gasteiger partial charge in [-0.25, -0.2) is 0 Å². The van der Waals surface area contributed by atoms with Crippen LogP contribution in [-0.2, 0) is 0 Å². The molecule has 25 heavy (non-hydrogen) atoms. The van der Waals surface area contributed by atoms with Crippen molar-refractivity contribution in [2.45, 2.75) is 6.92 Å². The minimum atomic E-state index is -0.450. The molecule has 125 valence electrons. The number of hydrogen-bond acceptors (Lipinski definition) is 2. The van der Waals surface area contributed by atoms with Gasteiger partial charge in [0.05, 0.1) is 0 Å². The van der Waals surface area contributed by atoms with Crippen molar-refractivity contribution in [2.75, 3.05) is 0 Å². The fourth-order valence-electron chi connectivity index (χ4n) is 2.67. The third-order valence-electron chi connectivity index (χ3n) is 3.88. The topological polar surface area (TPSA) is 41.5 Å². The van der Waals surface area contributed by atoms with Crippen molar-refractivity contribution in [2.24, 2.45) is 10.9 Å². The Hall–Kier alpha value is -2.49. The molecule has 1 amide bonds. The van der Waals surface area contributed by atoms with Gasteiger partial charge < -0.3 is 0 Å². The molecule has 3 nitrogen and oxygen atoms in total. The SMILES string of the molecule is CC1C=C(N=C([Se])NC(=O)c2cccc(F)c2)C=CC1=C1C=CC=C1. The summed E-state index contributed by atoms with van der Waals surface area (Å²) in [4.78, 5) is 16.5. The van der Waals surface area contributed by atoms with Gasteiger partial charge in [-0.3, -0.25) is 0 Å². The fourth-order valence-corrected chi connectivity index (χ4v) is 3.09. The Morgan fingerprint density at radius 2 is 1.96 bits per heavy atom. The second-order valence-electron chi connectivity index (χ2n) is 5.72. The van der Waals surface area contributed by atoms with Gasteiger partial charge in [0.15, 0.2) is 0 Å². The zero-order valence-corrected chi connectivity index (χ0v) is 15.3. The van der Waals surface area contributed by atoms with Crippen LogP contribution < -0.4 is 5.32 Å². The molecule has 1 unspecified atom stereocenters. The van der Waals surface area contributed by atoms with E-state index in [1.807, 2.05) is 30.4 Å². The van der Waals surface area contributed by atoms with Crippen LogP contribution in [0, 0.1) is 11.7 Å². The van der Waals surface area contributed by atoms with Crippen molar-refractivity contribution < 1.29 is 9.18 Å². The van der Waals surface area contributed by atoms with Gasteiger partial charge in [0.2, 0.25) is 0 Å². The van der Waals surface area contributed by atoms with E-state index in [-0.39, 0.29) is 11.5 Å². The quantitative estimate of drug-likeness (QED) is 0.462. The number of carbonyl (C=O) groups is 1. The molecule has 1 aromatic carbocycles. The van der Waals surface area contributed by atoms with E-state index in [4.69, 9.17) is 0 Å². The van der Waals surface area contributed by atoms with E-state index in [0.717, 1.165) is 5.70 Å². The number of aliphatic imine (C=N–C) groups is 1. The Balaban J connectivity index is 1.71. The van der Waals surface area contributed by atoms with Gasteiger partial charge in [0, 0.05) is 0 Å². The van der Waals surface area contributed by atoms with Crippen LogP contribution in [-0.4, -0.2) is 26.7 Å². The predicted octanol–water partition coefficient (Wildman–Crippen LogP) is 3.59. The van der Waals surface area contributed by atoms with Crippen LogP contribution in [0.2, 0.25) is 0 Å². The number of nitrogens with one attached hydrogen (secondary N) is 1. The molecule has 1 radical (unpaired) electrons. The number of nitrogens with zero attached hydrogens (tertiary/aromatic N) is 1. The van der Waals surface area contributed by atoms with E-state index in [2.05, 4.69) is 45.4 Å². The van der Waals surface area contributed by atoms with Gasteiger partial charge in [-0.15, -0.1) is 0 Å². The monoisotopic (exact) mass is 399 g/mol. The molecular formula is C20H16FN2OSe. The van der Waals surface area contributed by atoms with Crippen LogP contribution in [0.1, 0.15) is 17.3 Å². The number of amides is 1. The molecule has 0 aromatic heterocycles. The van der Waals surface area contributed by atoms with E-state index in [1.54, 1.807) is 6.07 Å². The number of hydrogen-bond donors (Lipinski definition) is 1. The molecule has 5 heteroatoms. The number of halogens is 1. The first-order valence-electron chi connectivity index (χ1n) is 7.84. The molecule has 0 fully saturated rings. The zero-order chi connectivity index (χ0) is 17.8. The minimum absolute atomic E-state index is 0.220. The van der Waals surface area contributed by atoms with E-state index >= 15 is 0 Å². The summed E-state index contributed by atoms with van der Waals surface area (Å²) in [6.07, 6.45) is 14.2. The molecule has 0 spiro atoms. The molecule has 2 aliphatic carbocycles. The number of amidine groups is 1. The molecule has 0 heterocycles. The average Bonchev–Trinajstić information content (AvgIpc) is 3.09. The van der Waals surface area contributed by atoms with E-state index in [9.17, 15) is 9.18 Å². The van der Waals surface area contributed by atoms with E-state index in [0.29, 0.717) is 4.73 Å². The Labute approximate surface area is 154 Å². The Bertz CT molecular complexity index is 877. The summed E-state index contributed by atoms with van der Waals surface area (Å²) in [7, 11) is 0. The van der Waals surface area contributed by atoms with Crippen LogP contribution in [0.5, 0.6) is 0 Å². The first-order chi connectivity index (χ1) is 12.0. The second kappa shape index (κ2) is 7.60. The van der Waals surface area contributed by atoms with Crippen molar-refractivity contribution in [3.05, 3.63) is 95.0 Å². The van der Waals surface area contributed by atoms with Gasteiger partial charge in [-0.1, -0.05) is 0 Å². The number of carbonyl (C=O) groups excluding carboxylic acids is 1. The van der Waals surface area contributed by atoms with Crippen molar-refractivity contribution in [3.8, 4) is 0 Å². The molecule has 0 bridgehead atoms. The summed E-state index contributed by atoms with van der Waals surface area (Å²) < 4.78 is 13.5. The Morgan fingerprint density at radius 1 is 1.20 bits per heavy atom. The molecule has 0 saturated carbocycles. The summed E-state index contributed by atoms with van der Waals surface area (Å²) in [6, 6.07) is 5.53. The normalized spacial score (nSPS) is 19.4. The summed E-state index contributed by atoms with van der Waals surface area (Å²) >= 11 is 2.74. The molecule has 2 aliphatic rings. The second-order valence-corrected chi connectivity index (χ2v) is 6.54. The van der Waals surface area contributed by atoms with E-state index in [1.165, 1.54) is 29.3 Å². The maximum atomic E-state index is 13.2. The van der Waals surface area contributed by atoms with Crippen LogP contribution in [0.25, 0.3) is 0 Å². The van der Waals surface area contributed by atoms with Gasteiger partial charge in [0.1, 0.15) is 0 Å². The predicted molar refractivity (Wildman–Crippen MR) is 98.7 cm³/mol. The van der Waals surface area contributed by atoms with Gasteiger partial charge in [-0.05, 0) is 0 Å². The van der Waals surface area contributed by atoms with Crippen molar-refractivity contribution in [1.82, 2.24) is 5.32 Å². The average molecular weight is 398 g/mol. The van der Waals surface area contributed by atoms with Gasteiger partial charge in [0.25, 0.3) is 0 Å². The molecule has 1 aromatic rings. The van der Waals surface area contributed by atoms with Crippen LogP contribution in [0.4, 0.5) is 4.39 Å². The van der Waals surface area contributed by atoms with Gasteiger partial charge >= 0.3 is 154 Å². The van der Waals surface area contributed by atoms with Crippen LogP contribution in [0.15, 0.2) is 88.6 Å². The third kappa shape index (κ3) is 4.32. The Morgan fingerprint density at radius 3 is 2.64 bits per heavy atom. The maximum absolute atomic E-state index is 13.2. The van der Waals surface area contributed by atoms with Crippen LogP contribution in [0.3, 0.4) is 0 Å². The molecule has 1 atom stereocenters. The van der Waals surface area contributed by atoms with Crippen molar-refractivity contribution in [3.63, 3.8) is 0 Å². The van der Waals surface area contributed by atoms with Crippen molar-refractivity contribution >= 4 is 26.7 Å². The molecule has 0 aliphatic heterocycles. The van der Waals surface area contributed by atoms with Gasteiger partial charge in [-0.2, -0.15) is 0 Å². The Kier molecular flexibility index (Phi) is 5.27. The molecular weight excluding hydrogens is 382 g/mol. The summed E-state index contributed by atoms with van der Waals surface area (Å²) in [5, 5.41) is 2.63. The summed E-state index contributed by atoms with van der Waals surface area (Å²) in [5.74, 6) is -0.638. The third-order valence-corrected chi connectivity index (χ3v) is 4.28. The number of benzene rings is 1. The molecule has 3 rings (SSSR count). The standard InChI is InChI=1S/C20H16FN2OSe/c1-13-11-17(9-10-18(13)14-5-2-3-6-14)22-20(25)23-19(24)15-7-4-8-16(21)12-15/h2-13H,1H3,(H,22,23,24). The fraction of sp³-hybridized carbons (Fsp3) is 0.100. The first-order valence-corrected chi connectivity index (χ1v) is 8.70. The molecule has 1 N–H and O–H groups in total. The number of allylic oxidation sites excluding steroid dienone is 9. The zero-order valence-electron chi connectivity index (χ0n) is 13.6.